The van der Waals surface area contributed by atoms with Gasteiger partial charge in [-0.05, 0) is 19.3 Å². The second-order valence-electron chi connectivity index (χ2n) is 3.13. The van der Waals surface area contributed by atoms with Gasteiger partial charge in [-0.25, -0.2) is 0 Å². The minimum Gasteiger partial charge on any atom is -0.352 e. The van der Waals surface area contributed by atoms with Gasteiger partial charge in [0.1, 0.15) is 6.79 Å². The average Bonchev–Trinajstić information content (AvgIpc) is 2.06. The van der Waals surface area contributed by atoms with Crippen molar-refractivity contribution in [2.45, 2.75) is 59.2 Å². The molecule has 2 heteroatoms. The lowest BCUT2D eigenvalue weighted by Crippen LogP contribution is -2.30. The van der Waals surface area contributed by atoms with Crippen LogP contribution in [0.5, 0.6) is 0 Å². The molecule has 12 heavy (non-hydrogen) atoms. The van der Waals surface area contributed by atoms with Crippen molar-refractivity contribution >= 4 is 0 Å². The molecule has 0 saturated carbocycles. The minimum absolute atomic E-state index is 0. The zero-order chi connectivity index (χ0) is 8.10. The van der Waals surface area contributed by atoms with E-state index in [2.05, 4.69) is 13.8 Å². The van der Waals surface area contributed by atoms with Gasteiger partial charge in [0.05, 0.1) is 12.2 Å². The zero-order valence-electron chi connectivity index (χ0n) is 7.51. The summed E-state index contributed by atoms with van der Waals surface area (Å²) in [5, 5.41) is 0. The third-order valence-corrected chi connectivity index (χ3v) is 2.20. The summed E-state index contributed by atoms with van der Waals surface area (Å²) >= 11 is 0. The first kappa shape index (κ1) is 11.9. The first-order valence-corrected chi connectivity index (χ1v) is 4.60. The predicted molar refractivity (Wildman–Crippen MR) is 51.2 cm³/mol. The Bertz CT molecular complexity index is 102. The minimum atomic E-state index is 0. The molecule has 0 radical (unpaired) electrons. The summed E-state index contributed by atoms with van der Waals surface area (Å²) in [6, 6.07) is 0. The van der Waals surface area contributed by atoms with Crippen LogP contribution in [0, 0.1) is 0 Å². The molecule has 0 N–H and O–H groups in total. The fourth-order valence-corrected chi connectivity index (χ4v) is 1.47. The van der Waals surface area contributed by atoms with Gasteiger partial charge in [-0.15, -0.1) is 0 Å². The summed E-state index contributed by atoms with van der Waals surface area (Å²) in [6.45, 7) is 4.86. The largest absolute Gasteiger partial charge is 0.352 e. The van der Waals surface area contributed by atoms with E-state index in [1.54, 1.807) is 0 Å². The lowest BCUT2D eigenvalue weighted by Gasteiger charge is -2.28. The van der Waals surface area contributed by atoms with Crippen LogP contribution < -0.4 is 0 Å². The maximum Gasteiger partial charge on any atom is 0.147 e. The van der Waals surface area contributed by atoms with Crippen molar-refractivity contribution in [2.24, 2.45) is 0 Å². The topological polar surface area (TPSA) is 18.5 Å². The lowest BCUT2D eigenvalue weighted by molar-refractivity contribution is -0.176. The highest BCUT2D eigenvalue weighted by atomic mass is 16.7. The Labute approximate surface area is 76.3 Å². The van der Waals surface area contributed by atoms with Gasteiger partial charge in [-0.1, -0.05) is 27.7 Å². The molecular weight excluding hydrogens is 152 g/mol. The van der Waals surface area contributed by atoms with E-state index in [1.165, 1.54) is 12.8 Å². The van der Waals surface area contributed by atoms with Crippen molar-refractivity contribution in [3.8, 4) is 0 Å². The Kier molecular flexibility index (Phi) is 6.39. The summed E-state index contributed by atoms with van der Waals surface area (Å²) in [4.78, 5) is 0. The SMILES string of the molecule is C.CCCC1CC(CC)OCO1. The molecule has 0 amide bonds. The Morgan fingerprint density at radius 2 is 1.83 bits per heavy atom. The van der Waals surface area contributed by atoms with Crippen LogP contribution >= 0.6 is 0 Å². The Balaban J connectivity index is 0.00000121. The Morgan fingerprint density at radius 3 is 2.42 bits per heavy atom. The van der Waals surface area contributed by atoms with Crippen LogP contribution in [0.3, 0.4) is 0 Å². The van der Waals surface area contributed by atoms with Gasteiger partial charge in [-0.3, -0.25) is 0 Å². The molecule has 0 aromatic heterocycles. The van der Waals surface area contributed by atoms with Crippen molar-refractivity contribution in [1.29, 1.82) is 0 Å². The van der Waals surface area contributed by atoms with Crippen LogP contribution in [0.4, 0.5) is 0 Å². The molecule has 1 fully saturated rings. The van der Waals surface area contributed by atoms with E-state index in [0.29, 0.717) is 19.0 Å². The third kappa shape index (κ3) is 3.55. The van der Waals surface area contributed by atoms with E-state index < -0.39 is 0 Å². The molecule has 1 heterocycles. The van der Waals surface area contributed by atoms with Crippen LogP contribution in [0.25, 0.3) is 0 Å². The monoisotopic (exact) mass is 174 g/mol. The fraction of sp³-hybridized carbons (Fsp3) is 1.00. The molecule has 2 nitrogen and oxygen atoms in total. The van der Waals surface area contributed by atoms with Gasteiger partial charge < -0.3 is 9.47 Å². The normalized spacial score (nSPS) is 29.5. The van der Waals surface area contributed by atoms with Crippen molar-refractivity contribution < 1.29 is 9.47 Å². The Hall–Kier alpha value is -0.0800. The molecule has 1 aliphatic heterocycles. The smallest absolute Gasteiger partial charge is 0.147 e. The number of hydrogen-bond acceptors (Lipinski definition) is 2. The van der Waals surface area contributed by atoms with Gasteiger partial charge in [0.2, 0.25) is 0 Å². The van der Waals surface area contributed by atoms with Gasteiger partial charge in [0.25, 0.3) is 0 Å². The van der Waals surface area contributed by atoms with Crippen molar-refractivity contribution in [2.75, 3.05) is 6.79 Å². The van der Waals surface area contributed by atoms with E-state index in [1.807, 2.05) is 0 Å². The van der Waals surface area contributed by atoms with Crippen molar-refractivity contribution in [3.05, 3.63) is 0 Å². The quantitative estimate of drug-likeness (QED) is 0.655. The summed E-state index contributed by atoms with van der Waals surface area (Å²) in [5.74, 6) is 0. The van der Waals surface area contributed by atoms with Gasteiger partial charge >= 0.3 is 0 Å². The second-order valence-corrected chi connectivity index (χ2v) is 3.13. The third-order valence-electron chi connectivity index (χ3n) is 2.20. The van der Waals surface area contributed by atoms with Crippen LogP contribution in [-0.4, -0.2) is 19.0 Å². The molecule has 1 saturated heterocycles. The number of ether oxygens (including phenoxy) is 2. The molecule has 74 valence electrons. The molecule has 1 aliphatic rings. The van der Waals surface area contributed by atoms with E-state index >= 15 is 0 Å². The average molecular weight is 174 g/mol. The molecule has 0 spiro atoms. The van der Waals surface area contributed by atoms with Crippen LogP contribution in [0.1, 0.15) is 47.0 Å². The molecule has 0 bridgehead atoms. The van der Waals surface area contributed by atoms with Crippen LogP contribution in [0.2, 0.25) is 0 Å². The Morgan fingerprint density at radius 1 is 1.17 bits per heavy atom. The highest BCUT2D eigenvalue weighted by Crippen LogP contribution is 2.18. The number of hydrogen-bond donors (Lipinski definition) is 0. The molecule has 1 rings (SSSR count). The summed E-state index contributed by atoms with van der Waals surface area (Å²) < 4.78 is 10.8. The van der Waals surface area contributed by atoms with Crippen molar-refractivity contribution in [3.63, 3.8) is 0 Å². The highest BCUT2D eigenvalue weighted by molar-refractivity contribution is 4.67. The van der Waals surface area contributed by atoms with Gasteiger partial charge in [0.15, 0.2) is 0 Å². The van der Waals surface area contributed by atoms with Crippen LogP contribution in [0.15, 0.2) is 0 Å². The first-order valence-electron chi connectivity index (χ1n) is 4.60. The first-order chi connectivity index (χ1) is 5.36. The number of rotatable bonds is 3. The molecule has 2 unspecified atom stereocenters. The standard InChI is InChI=1S/C9H18O2.CH4/c1-3-5-9-6-8(4-2)10-7-11-9;/h8-9H,3-7H2,1-2H3;1H4. The summed E-state index contributed by atoms with van der Waals surface area (Å²) in [7, 11) is 0. The fourth-order valence-electron chi connectivity index (χ4n) is 1.47. The predicted octanol–water partition coefficient (Wildman–Crippen LogP) is 2.96. The molecule has 0 aliphatic carbocycles. The van der Waals surface area contributed by atoms with Crippen LogP contribution in [-0.2, 0) is 9.47 Å². The summed E-state index contributed by atoms with van der Waals surface area (Å²) in [6.07, 6.45) is 5.49. The molecule has 0 aromatic carbocycles. The molecule has 0 aromatic rings. The molecule has 2 atom stereocenters. The van der Waals surface area contributed by atoms with E-state index in [4.69, 9.17) is 9.47 Å². The summed E-state index contributed by atoms with van der Waals surface area (Å²) in [5.41, 5.74) is 0. The van der Waals surface area contributed by atoms with Gasteiger partial charge in [0, 0.05) is 0 Å². The van der Waals surface area contributed by atoms with E-state index in [9.17, 15) is 0 Å². The van der Waals surface area contributed by atoms with E-state index in [-0.39, 0.29) is 7.43 Å². The lowest BCUT2D eigenvalue weighted by atomic mass is 10.1. The highest BCUT2D eigenvalue weighted by Gasteiger charge is 2.20. The maximum atomic E-state index is 5.43. The van der Waals surface area contributed by atoms with Crippen molar-refractivity contribution in [1.82, 2.24) is 0 Å². The maximum absolute atomic E-state index is 5.43. The second kappa shape index (κ2) is 6.44. The zero-order valence-corrected chi connectivity index (χ0v) is 7.51. The molecular formula is C10H22O2. The van der Waals surface area contributed by atoms with Gasteiger partial charge in [-0.2, -0.15) is 0 Å². The van der Waals surface area contributed by atoms with E-state index in [0.717, 1.165) is 12.8 Å².